The standard InChI is InChI=1S/C16H25N3O2/c1-16(2,3)21-15(20)19-9-5-8-14(11-19)18-13-7-4-6-12(17)10-13/h4,6-7,10,14,18H,5,8-9,11,17H2,1-3H3. The van der Waals surface area contributed by atoms with Crippen LogP contribution in [0.25, 0.3) is 0 Å². The van der Waals surface area contributed by atoms with E-state index < -0.39 is 5.60 Å². The average Bonchev–Trinajstić information content (AvgIpc) is 2.37. The Morgan fingerprint density at radius 3 is 2.86 bits per heavy atom. The van der Waals surface area contributed by atoms with E-state index in [9.17, 15) is 4.79 Å². The van der Waals surface area contributed by atoms with Crippen molar-refractivity contribution < 1.29 is 9.53 Å². The number of amides is 1. The molecule has 5 nitrogen and oxygen atoms in total. The normalized spacial score (nSPS) is 19.2. The van der Waals surface area contributed by atoms with Crippen molar-refractivity contribution in [2.24, 2.45) is 0 Å². The summed E-state index contributed by atoms with van der Waals surface area (Å²) in [7, 11) is 0. The minimum absolute atomic E-state index is 0.230. The van der Waals surface area contributed by atoms with Gasteiger partial charge in [0.25, 0.3) is 0 Å². The average molecular weight is 291 g/mol. The van der Waals surface area contributed by atoms with Crippen molar-refractivity contribution in [3.8, 4) is 0 Å². The van der Waals surface area contributed by atoms with Crippen molar-refractivity contribution >= 4 is 17.5 Å². The summed E-state index contributed by atoms with van der Waals surface area (Å²) in [6.07, 6.45) is 1.77. The Morgan fingerprint density at radius 1 is 1.43 bits per heavy atom. The van der Waals surface area contributed by atoms with E-state index in [1.54, 1.807) is 4.90 Å². The van der Waals surface area contributed by atoms with Crippen LogP contribution >= 0.6 is 0 Å². The zero-order chi connectivity index (χ0) is 15.5. The van der Waals surface area contributed by atoms with Crippen LogP contribution in [0.5, 0.6) is 0 Å². The van der Waals surface area contributed by atoms with E-state index in [0.717, 1.165) is 30.8 Å². The van der Waals surface area contributed by atoms with E-state index in [-0.39, 0.29) is 12.1 Å². The highest BCUT2D eigenvalue weighted by Crippen LogP contribution is 2.19. The van der Waals surface area contributed by atoms with Crippen LogP contribution in [0.2, 0.25) is 0 Å². The van der Waals surface area contributed by atoms with Gasteiger partial charge in [-0.25, -0.2) is 4.79 Å². The molecule has 1 fully saturated rings. The molecule has 1 amide bonds. The first-order valence-electron chi connectivity index (χ1n) is 7.43. The lowest BCUT2D eigenvalue weighted by molar-refractivity contribution is 0.0206. The van der Waals surface area contributed by atoms with Gasteiger partial charge in [0.05, 0.1) is 0 Å². The van der Waals surface area contributed by atoms with E-state index in [1.807, 2.05) is 45.0 Å². The number of piperidine rings is 1. The number of nitrogen functional groups attached to an aromatic ring is 1. The zero-order valence-electron chi connectivity index (χ0n) is 13.1. The molecule has 116 valence electrons. The van der Waals surface area contributed by atoms with Gasteiger partial charge in [-0.1, -0.05) is 6.07 Å². The topological polar surface area (TPSA) is 67.6 Å². The van der Waals surface area contributed by atoms with E-state index in [1.165, 1.54) is 0 Å². The molecule has 1 aromatic carbocycles. The molecule has 21 heavy (non-hydrogen) atoms. The molecule has 1 aliphatic rings. The molecule has 0 spiro atoms. The van der Waals surface area contributed by atoms with Crippen LogP contribution in [0.15, 0.2) is 24.3 Å². The lowest BCUT2D eigenvalue weighted by Crippen LogP contribution is -2.46. The number of anilines is 2. The third-order valence-corrected chi connectivity index (χ3v) is 3.33. The van der Waals surface area contributed by atoms with Crippen LogP contribution in [0.1, 0.15) is 33.6 Å². The fourth-order valence-corrected chi connectivity index (χ4v) is 2.45. The van der Waals surface area contributed by atoms with Gasteiger partial charge in [0, 0.05) is 30.5 Å². The van der Waals surface area contributed by atoms with Gasteiger partial charge in [-0.15, -0.1) is 0 Å². The number of nitrogens with zero attached hydrogens (tertiary/aromatic N) is 1. The Morgan fingerprint density at radius 2 is 2.19 bits per heavy atom. The minimum Gasteiger partial charge on any atom is -0.444 e. The molecule has 1 atom stereocenters. The van der Waals surface area contributed by atoms with Gasteiger partial charge in [-0.3, -0.25) is 0 Å². The molecule has 0 radical (unpaired) electrons. The molecule has 0 aromatic heterocycles. The molecule has 2 rings (SSSR count). The zero-order valence-corrected chi connectivity index (χ0v) is 13.1. The van der Waals surface area contributed by atoms with Gasteiger partial charge in [0.2, 0.25) is 0 Å². The van der Waals surface area contributed by atoms with E-state index >= 15 is 0 Å². The van der Waals surface area contributed by atoms with Crippen molar-refractivity contribution in [3.05, 3.63) is 24.3 Å². The molecule has 0 bridgehead atoms. The first-order valence-corrected chi connectivity index (χ1v) is 7.43. The summed E-state index contributed by atoms with van der Waals surface area (Å²) in [4.78, 5) is 13.9. The highest BCUT2D eigenvalue weighted by Gasteiger charge is 2.27. The minimum atomic E-state index is -0.453. The number of hydrogen-bond acceptors (Lipinski definition) is 4. The lowest BCUT2D eigenvalue weighted by Gasteiger charge is -2.34. The summed E-state index contributed by atoms with van der Waals surface area (Å²) in [5.41, 5.74) is 7.06. The Kier molecular flexibility index (Phi) is 4.60. The molecule has 5 heteroatoms. The molecule has 0 saturated carbocycles. The quantitative estimate of drug-likeness (QED) is 0.822. The lowest BCUT2D eigenvalue weighted by atomic mass is 10.1. The van der Waals surface area contributed by atoms with Crippen LogP contribution in [0, 0.1) is 0 Å². The molecule has 3 N–H and O–H groups in total. The first-order chi connectivity index (χ1) is 9.83. The van der Waals surface area contributed by atoms with Gasteiger partial charge >= 0.3 is 6.09 Å². The third-order valence-electron chi connectivity index (χ3n) is 3.33. The SMILES string of the molecule is CC(C)(C)OC(=O)N1CCCC(Nc2cccc(N)c2)C1. The second-order valence-corrected chi connectivity index (χ2v) is 6.54. The van der Waals surface area contributed by atoms with Gasteiger partial charge < -0.3 is 20.7 Å². The van der Waals surface area contributed by atoms with Crippen molar-refractivity contribution in [1.29, 1.82) is 0 Å². The number of carbonyl (C=O) groups excluding carboxylic acids is 1. The van der Waals surface area contributed by atoms with Gasteiger partial charge in [-0.2, -0.15) is 0 Å². The maximum atomic E-state index is 12.1. The predicted octanol–water partition coefficient (Wildman–Crippen LogP) is 3.08. The van der Waals surface area contributed by atoms with Crippen LogP contribution in [0.3, 0.4) is 0 Å². The molecule has 1 heterocycles. The van der Waals surface area contributed by atoms with E-state index in [4.69, 9.17) is 10.5 Å². The van der Waals surface area contributed by atoms with Gasteiger partial charge in [0.15, 0.2) is 0 Å². The van der Waals surface area contributed by atoms with Crippen molar-refractivity contribution in [2.75, 3.05) is 24.1 Å². The number of nitrogens with two attached hydrogens (primary N) is 1. The summed E-state index contributed by atoms with van der Waals surface area (Å²) in [5, 5.41) is 3.44. The third kappa shape index (κ3) is 4.85. The van der Waals surface area contributed by atoms with Crippen LogP contribution in [-0.2, 0) is 4.74 Å². The monoisotopic (exact) mass is 291 g/mol. The highest BCUT2D eigenvalue weighted by atomic mass is 16.6. The number of likely N-dealkylation sites (tertiary alicyclic amines) is 1. The number of carbonyl (C=O) groups is 1. The maximum Gasteiger partial charge on any atom is 0.410 e. The highest BCUT2D eigenvalue weighted by molar-refractivity contribution is 5.68. The van der Waals surface area contributed by atoms with Crippen molar-refractivity contribution in [2.45, 2.75) is 45.3 Å². The summed E-state index contributed by atoms with van der Waals surface area (Å²) >= 11 is 0. The Balaban J connectivity index is 1.93. The molecule has 1 unspecified atom stereocenters. The molecule has 0 aliphatic carbocycles. The summed E-state index contributed by atoms with van der Waals surface area (Å²) in [5.74, 6) is 0. The van der Waals surface area contributed by atoms with Crippen LogP contribution in [0.4, 0.5) is 16.2 Å². The Labute approximate surface area is 126 Å². The number of hydrogen-bond donors (Lipinski definition) is 2. The summed E-state index contributed by atoms with van der Waals surface area (Å²) < 4.78 is 5.43. The summed E-state index contributed by atoms with van der Waals surface area (Å²) in [6, 6.07) is 7.91. The Bertz CT molecular complexity index is 497. The van der Waals surface area contributed by atoms with E-state index in [2.05, 4.69) is 5.32 Å². The number of benzene rings is 1. The fourth-order valence-electron chi connectivity index (χ4n) is 2.45. The Hall–Kier alpha value is -1.91. The second-order valence-electron chi connectivity index (χ2n) is 6.54. The van der Waals surface area contributed by atoms with Crippen molar-refractivity contribution in [1.82, 2.24) is 4.90 Å². The molecule has 1 aliphatic heterocycles. The van der Waals surface area contributed by atoms with Crippen LogP contribution in [-0.4, -0.2) is 35.7 Å². The van der Waals surface area contributed by atoms with Crippen molar-refractivity contribution in [3.63, 3.8) is 0 Å². The largest absolute Gasteiger partial charge is 0.444 e. The van der Waals surface area contributed by atoms with Crippen LogP contribution < -0.4 is 11.1 Å². The molecule has 1 saturated heterocycles. The molecular formula is C16H25N3O2. The number of rotatable bonds is 2. The molecule has 1 aromatic rings. The molecular weight excluding hydrogens is 266 g/mol. The fraction of sp³-hybridized carbons (Fsp3) is 0.562. The van der Waals surface area contributed by atoms with Gasteiger partial charge in [-0.05, 0) is 51.8 Å². The van der Waals surface area contributed by atoms with E-state index in [0.29, 0.717) is 6.54 Å². The summed E-state index contributed by atoms with van der Waals surface area (Å²) in [6.45, 7) is 7.07. The second kappa shape index (κ2) is 6.24. The number of nitrogens with one attached hydrogen (secondary N) is 1. The van der Waals surface area contributed by atoms with Gasteiger partial charge in [0.1, 0.15) is 5.60 Å². The first kappa shape index (κ1) is 15.5. The maximum absolute atomic E-state index is 12.1. The number of ether oxygens (including phenoxy) is 1. The predicted molar refractivity (Wildman–Crippen MR) is 85.3 cm³/mol. The smallest absolute Gasteiger partial charge is 0.410 e.